The molecule has 0 spiro atoms. The minimum atomic E-state index is -0.00736. The zero-order chi connectivity index (χ0) is 20.5. The molecule has 4 nitrogen and oxygen atoms in total. The molecule has 2 amide bonds. The van der Waals surface area contributed by atoms with E-state index < -0.39 is 0 Å². The third-order valence-corrected chi connectivity index (χ3v) is 6.75. The molecule has 0 saturated carbocycles. The van der Waals surface area contributed by atoms with Crippen LogP contribution in [0.4, 0.5) is 0 Å². The van der Waals surface area contributed by atoms with Crippen LogP contribution in [0.1, 0.15) is 36.1 Å². The number of hydrogen-bond donors (Lipinski definition) is 1. The SMILES string of the molecule is O=C(CCCCCN1C(=O)C(=Cc2cccs2)SC1=S)NCCc1ccccc1. The molecule has 7 heteroatoms. The monoisotopic (exact) mass is 444 g/mol. The lowest BCUT2D eigenvalue weighted by Crippen LogP contribution is -2.29. The summed E-state index contributed by atoms with van der Waals surface area (Å²) in [6.07, 6.45) is 5.83. The second kappa shape index (κ2) is 11.3. The summed E-state index contributed by atoms with van der Waals surface area (Å²) in [4.78, 5) is 27.9. The summed E-state index contributed by atoms with van der Waals surface area (Å²) in [5.74, 6) is 0.0810. The Morgan fingerprint density at radius 3 is 2.69 bits per heavy atom. The third kappa shape index (κ3) is 6.80. The molecular weight excluding hydrogens is 420 g/mol. The van der Waals surface area contributed by atoms with Crippen LogP contribution in [0, 0.1) is 0 Å². The molecule has 2 heterocycles. The molecule has 0 aliphatic carbocycles. The molecule has 0 radical (unpaired) electrons. The summed E-state index contributed by atoms with van der Waals surface area (Å²) >= 11 is 8.34. The Morgan fingerprint density at radius 1 is 1.10 bits per heavy atom. The molecule has 0 bridgehead atoms. The van der Waals surface area contributed by atoms with Gasteiger partial charge in [-0.15, -0.1) is 11.3 Å². The van der Waals surface area contributed by atoms with E-state index in [1.54, 1.807) is 16.2 Å². The van der Waals surface area contributed by atoms with Crippen LogP contribution in [0.25, 0.3) is 6.08 Å². The standard InChI is InChI=1S/C22H24N2O2S3/c25-20(23-13-12-17-8-3-1-4-9-17)11-5-2-6-14-24-21(26)19(29-22(24)27)16-18-10-7-15-28-18/h1,3-4,7-10,15-16H,2,5-6,11-14H2,(H,23,25). The first kappa shape index (κ1) is 21.7. The zero-order valence-electron chi connectivity index (χ0n) is 16.1. The molecule has 29 heavy (non-hydrogen) atoms. The summed E-state index contributed by atoms with van der Waals surface area (Å²) in [5.41, 5.74) is 1.23. The van der Waals surface area contributed by atoms with Crippen LogP contribution < -0.4 is 5.32 Å². The van der Waals surface area contributed by atoms with Gasteiger partial charge in [-0.2, -0.15) is 0 Å². The second-order valence-corrected chi connectivity index (χ2v) is 9.40. The molecule has 1 aromatic carbocycles. The molecule has 2 aromatic rings. The molecule has 152 valence electrons. The fraction of sp³-hybridized carbons (Fsp3) is 0.318. The molecule has 3 rings (SSSR count). The minimum Gasteiger partial charge on any atom is -0.356 e. The van der Waals surface area contributed by atoms with Crippen molar-refractivity contribution in [1.82, 2.24) is 10.2 Å². The van der Waals surface area contributed by atoms with Gasteiger partial charge in [0.05, 0.1) is 4.91 Å². The van der Waals surface area contributed by atoms with Crippen molar-refractivity contribution in [2.75, 3.05) is 13.1 Å². The zero-order valence-corrected chi connectivity index (χ0v) is 18.6. The number of nitrogens with one attached hydrogen (secondary N) is 1. The van der Waals surface area contributed by atoms with Crippen molar-refractivity contribution in [1.29, 1.82) is 0 Å². The number of hydrogen-bond acceptors (Lipinski definition) is 5. The smallest absolute Gasteiger partial charge is 0.266 e. The normalized spacial score (nSPS) is 15.3. The average Bonchev–Trinajstić information content (AvgIpc) is 3.32. The summed E-state index contributed by atoms with van der Waals surface area (Å²) in [6.45, 7) is 1.28. The highest BCUT2D eigenvalue weighted by Gasteiger charge is 2.31. The summed E-state index contributed by atoms with van der Waals surface area (Å²) < 4.78 is 0.622. The van der Waals surface area contributed by atoms with Crippen molar-refractivity contribution >= 4 is 57.5 Å². The highest BCUT2D eigenvalue weighted by Crippen LogP contribution is 2.33. The van der Waals surface area contributed by atoms with Crippen LogP contribution in [0.3, 0.4) is 0 Å². The van der Waals surface area contributed by atoms with Crippen LogP contribution in [0.5, 0.6) is 0 Å². The number of thioether (sulfide) groups is 1. The van der Waals surface area contributed by atoms with Gasteiger partial charge in [0.1, 0.15) is 4.32 Å². The number of amides is 2. The fourth-order valence-corrected chi connectivity index (χ4v) is 5.04. The number of benzene rings is 1. The first-order valence-corrected chi connectivity index (χ1v) is 11.8. The first-order valence-electron chi connectivity index (χ1n) is 9.73. The van der Waals surface area contributed by atoms with Gasteiger partial charge in [-0.05, 0) is 42.3 Å². The van der Waals surface area contributed by atoms with E-state index in [9.17, 15) is 9.59 Å². The number of rotatable bonds is 10. The number of unbranched alkanes of at least 4 members (excludes halogenated alkanes) is 2. The van der Waals surface area contributed by atoms with Crippen LogP contribution in [0.2, 0.25) is 0 Å². The van der Waals surface area contributed by atoms with Crippen molar-refractivity contribution < 1.29 is 9.59 Å². The molecule has 1 N–H and O–H groups in total. The Hall–Kier alpha value is -1.96. The quantitative estimate of drug-likeness (QED) is 0.323. The molecule has 1 aromatic heterocycles. The number of nitrogens with zero attached hydrogens (tertiary/aromatic N) is 1. The average molecular weight is 445 g/mol. The number of thiocarbonyl (C=S) groups is 1. The summed E-state index contributed by atoms with van der Waals surface area (Å²) in [6, 6.07) is 14.1. The molecule has 0 unspecified atom stereocenters. The Kier molecular flexibility index (Phi) is 8.46. The van der Waals surface area contributed by atoms with Gasteiger partial charge in [-0.1, -0.05) is 66.8 Å². The number of carbonyl (C=O) groups excluding carboxylic acids is 2. The topological polar surface area (TPSA) is 49.4 Å². The summed E-state index contributed by atoms with van der Waals surface area (Å²) in [5, 5.41) is 4.96. The van der Waals surface area contributed by atoms with E-state index in [0.29, 0.717) is 28.7 Å². The van der Waals surface area contributed by atoms with Crippen LogP contribution in [-0.4, -0.2) is 34.1 Å². The Labute approximate surface area is 185 Å². The maximum atomic E-state index is 12.5. The van der Waals surface area contributed by atoms with E-state index in [-0.39, 0.29) is 11.8 Å². The molecule has 1 fully saturated rings. The highest BCUT2D eigenvalue weighted by molar-refractivity contribution is 8.26. The van der Waals surface area contributed by atoms with Gasteiger partial charge in [0, 0.05) is 24.4 Å². The first-order chi connectivity index (χ1) is 14.1. The maximum Gasteiger partial charge on any atom is 0.266 e. The van der Waals surface area contributed by atoms with Crippen LogP contribution >= 0.6 is 35.3 Å². The lowest BCUT2D eigenvalue weighted by atomic mass is 10.1. The van der Waals surface area contributed by atoms with Gasteiger partial charge in [0.25, 0.3) is 5.91 Å². The van der Waals surface area contributed by atoms with Gasteiger partial charge >= 0.3 is 0 Å². The molecule has 1 saturated heterocycles. The van der Waals surface area contributed by atoms with Crippen molar-refractivity contribution in [2.24, 2.45) is 0 Å². The molecular formula is C22H24N2O2S3. The Balaban J connectivity index is 1.30. The molecule has 1 aliphatic heterocycles. The maximum absolute atomic E-state index is 12.5. The predicted octanol–water partition coefficient (Wildman–Crippen LogP) is 4.87. The largest absolute Gasteiger partial charge is 0.356 e. The Bertz CT molecular complexity index is 863. The molecule has 0 atom stereocenters. The van der Waals surface area contributed by atoms with Gasteiger partial charge in [-0.25, -0.2) is 0 Å². The van der Waals surface area contributed by atoms with Crippen LogP contribution in [-0.2, 0) is 16.0 Å². The van der Waals surface area contributed by atoms with Crippen molar-refractivity contribution in [3.05, 3.63) is 63.2 Å². The van der Waals surface area contributed by atoms with E-state index in [0.717, 1.165) is 30.6 Å². The fourth-order valence-electron chi connectivity index (χ4n) is 3.01. The third-order valence-electron chi connectivity index (χ3n) is 4.55. The van der Waals surface area contributed by atoms with E-state index in [4.69, 9.17) is 12.2 Å². The van der Waals surface area contributed by atoms with Gasteiger partial charge in [0.2, 0.25) is 5.91 Å². The summed E-state index contributed by atoms with van der Waals surface area (Å²) in [7, 11) is 0. The van der Waals surface area contributed by atoms with Gasteiger partial charge < -0.3 is 5.32 Å². The van der Waals surface area contributed by atoms with E-state index in [2.05, 4.69) is 17.4 Å². The number of carbonyl (C=O) groups is 2. The minimum absolute atomic E-state index is 0.00736. The van der Waals surface area contributed by atoms with Crippen molar-refractivity contribution in [3.63, 3.8) is 0 Å². The number of thiophene rings is 1. The van der Waals surface area contributed by atoms with E-state index in [1.807, 2.05) is 41.8 Å². The van der Waals surface area contributed by atoms with Crippen LogP contribution in [0.15, 0.2) is 52.7 Å². The highest BCUT2D eigenvalue weighted by atomic mass is 32.2. The lowest BCUT2D eigenvalue weighted by Gasteiger charge is -2.14. The van der Waals surface area contributed by atoms with Crippen molar-refractivity contribution in [2.45, 2.75) is 32.1 Å². The van der Waals surface area contributed by atoms with Gasteiger partial charge in [0.15, 0.2) is 0 Å². The Morgan fingerprint density at radius 2 is 1.93 bits per heavy atom. The lowest BCUT2D eigenvalue weighted by molar-refractivity contribution is -0.122. The second-order valence-electron chi connectivity index (χ2n) is 6.74. The predicted molar refractivity (Wildman–Crippen MR) is 126 cm³/mol. The molecule has 1 aliphatic rings. The van der Waals surface area contributed by atoms with E-state index in [1.165, 1.54) is 17.3 Å². The van der Waals surface area contributed by atoms with E-state index >= 15 is 0 Å². The van der Waals surface area contributed by atoms with Gasteiger partial charge in [-0.3, -0.25) is 14.5 Å². The van der Waals surface area contributed by atoms with Crippen molar-refractivity contribution in [3.8, 4) is 0 Å².